The van der Waals surface area contributed by atoms with Gasteiger partial charge in [-0.3, -0.25) is 4.79 Å². The van der Waals surface area contributed by atoms with Gasteiger partial charge in [0, 0.05) is 10.7 Å². The number of rotatable bonds is 1. The molecule has 0 radical (unpaired) electrons. The van der Waals surface area contributed by atoms with Gasteiger partial charge in [-0.05, 0) is 17.7 Å². The van der Waals surface area contributed by atoms with Gasteiger partial charge in [-0.25, -0.2) is 0 Å². The van der Waals surface area contributed by atoms with E-state index in [4.69, 9.17) is 0 Å². The number of halogens is 1. The zero-order valence-corrected chi connectivity index (χ0v) is 8.98. The van der Waals surface area contributed by atoms with Crippen LogP contribution in [0.25, 0.3) is 10.4 Å². The van der Waals surface area contributed by atoms with Crippen molar-refractivity contribution in [1.82, 2.24) is 4.98 Å². The van der Waals surface area contributed by atoms with Crippen LogP contribution in [0.2, 0.25) is 0 Å². The lowest BCUT2D eigenvalue weighted by Gasteiger charge is -1.94. The molecule has 2 nitrogen and oxygen atoms in total. The maximum atomic E-state index is 10.9. The molecule has 1 heterocycles. The van der Waals surface area contributed by atoms with Crippen molar-refractivity contribution in [2.45, 2.75) is 0 Å². The SMILES string of the molecule is O=c1[nH]cc(-c2ccc(Br)cc2)s1. The summed E-state index contributed by atoms with van der Waals surface area (Å²) in [4.78, 5) is 14.5. The van der Waals surface area contributed by atoms with Crippen molar-refractivity contribution >= 4 is 27.3 Å². The fourth-order valence-electron chi connectivity index (χ4n) is 1.04. The molecule has 0 aliphatic rings. The van der Waals surface area contributed by atoms with Crippen molar-refractivity contribution in [2.75, 3.05) is 0 Å². The quantitative estimate of drug-likeness (QED) is 0.836. The summed E-state index contributed by atoms with van der Waals surface area (Å²) in [6, 6.07) is 7.87. The molecule has 0 aliphatic carbocycles. The molecular weight excluding hydrogens is 250 g/mol. The smallest absolute Gasteiger partial charge is 0.305 e. The predicted octanol–water partition coefficient (Wildman–Crippen LogP) is 2.87. The zero-order chi connectivity index (χ0) is 9.26. The van der Waals surface area contributed by atoms with E-state index in [1.807, 2.05) is 24.3 Å². The Labute approximate surface area is 87.4 Å². The summed E-state index contributed by atoms with van der Waals surface area (Å²) in [5, 5.41) is 0. The van der Waals surface area contributed by atoms with Gasteiger partial charge in [0.25, 0.3) is 0 Å². The number of H-pyrrole nitrogens is 1. The predicted molar refractivity (Wildman–Crippen MR) is 58.1 cm³/mol. The number of nitrogens with one attached hydrogen (secondary N) is 1. The Morgan fingerprint density at radius 2 is 1.92 bits per heavy atom. The molecule has 0 bridgehead atoms. The molecule has 13 heavy (non-hydrogen) atoms. The molecule has 0 aliphatic heterocycles. The molecule has 0 spiro atoms. The molecule has 66 valence electrons. The normalized spacial score (nSPS) is 10.2. The van der Waals surface area contributed by atoms with Crippen LogP contribution < -0.4 is 4.87 Å². The number of benzene rings is 1. The third-order valence-electron chi connectivity index (χ3n) is 1.65. The third-order valence-corrected chi connectivity index (χ3v) is 3.06. The van der Waals surface area contributed by atoms with E-state index in [9.17, 15) is 4.79 Å². The Hall–Kier alpha value is -0.870. The minimum atomic E-state index is -0.0158. The van der Waals surface area contributed by atoms with E-state index < -0.39 is 0 Å². The summed E-state index contributed by atoms with van der Waals surface area (Å²) in [5.41, 5.74) is 1.06. The van der Waals surface area contributed by atoms with Crippen molar-refractivity contribution < 1.29 is 0 Å². The van der Waals surface area contributed by atoms with E-state index in [2.05, 4.69) is 20.9 Å². The van der Waals surface area contributed by atoms with E-state index in [1.54, 1.807) is 6.20 Å². The maximum absolute atomic E-state index is 10.9. The number of hydrogen-bond donors (Lipinski definition) is 1. The van der Waals surface area contributed by atoms with E-state index in [-0.39, 0.29) is 4.87 Å². The molecule has 2 aromatic rings. The highest BCUT2D eigenvalue weighted by molar-refractivity contribution is 9.10. The monoisotopic (exact) mass is 255 g/mol. The first kappa shape index (κ1) is 8.72. The molecule has 2 rings (SSSR count). The van der Waals surface area contributed by atoms with Crippen LogP contribution in [-0.2, 0) is 0 Å². The second-order valence-corrected chi connectivity index (χ2v) is 4.48. The molecular formula is C9H6BrNOS. The summed E-state index contributed by atoms with van der Waals surface area (Å²) in [6.45, 7) is 0. The number of hydrogen-bond acceptors (Lipinski definition) is 2. The highest BCUT2D eigenvalue weighted by Crippen LogP contribution is 2.22. The molecule has 0 fully saturated rings. The lowest BCUT2D eigenvalue weighted by molar-refractivity contribution is 1.34. The van der Waals surface area contributed by atoms with Gasteiger partial charge in [0.1, 0.15) is 0 Å². The largest absolute Gasteiger partial charge is 0.319 e. The standard InChI is InChI=1S/C9H6BrNOS/c10-7-3-1-6(2-4-7)8-5-11-9(12)13-8/h1-5H,(H,11,12). The Bertz CT molecular complexity index is 457. The van der Waals surface area contributed by atoms with E-state index in [0.29, 0.717) is 0 Å². The van der Waals surface area contributed by atoms with Crippen molar-refractivity contribution in [3.05, 3.63) is 44.6 Å². The van der Waals surface area contributed by atoms with Crippen LogP contribution in [0.4, 0.5) is 0 Å². The van der Waals surface area contributed by atoms with Gasteiger partial charge in [-0.2, -0.15) is 0 Å². The first-order valence-corrected chi connectivity index (χ1v) is 5.31. The first-order chi connectivity index (χ1) is 6.25. The van der Waals surface area contributed by atoms with Gasteiger partial charge >= 0.3 is 4.87 Å². The molecule has 0 unspecified atom stereocenters. The van der Waals surface area contributed by atoms with Gasteiger partial charge in [-0.1, -0.05) is 39.4 Å². The summed E-state index contributed by atoms with van der Waals surface area (Å²) < 4.78 is 1.04. The second-order valence-electron chi connectivity index (χ2n) is 2.55. The Balaban J connectivity index is 2.47. The van der Waals surface area contributed by atoms with Crippen LogP contribution in [-0.4, -0.2) is 4.98 Å². The zero-order valence-electron chi connectivity index (χ0n) is 6.58. The van der Waals surface area contributed by atoms with Gasteiger partial charge in [0.05, 0.1) is 4.88 Å². The second kappa shape index (κ2) is 3.47. The molecule has 0 amide bonds. The van der Waals surface area contributed by atoms with Crippen molar-refractivity contribution in [2.24, 2.45) is 0 Å². The summed E-state index contributed by atoms with van der Waals surface area (Å²) in [6.07, 6.45) is 1.73. The van der Waals surface area contributed by atoms with E-state index in [0.717, 1.165) is 14.9 Å². The van der Waals surface area contributed by atoms with Crippen LogP contribution in [0.3, 0.4) is 0 Å². The maximum Gasteiger partial charge on any atom is 0.305 e. The first-order valence-electron chi connectivity index (χ1n) is 3.70. The minimum Gasteiger partial charge on any atom is -0.319 e. The van der Waals surface area contributed by atoms with Crippen molar-refractivity contribution in [1.29, 1.82) is 0 Å². The van der Waals surface area contributed by atoms with Gasteiger partial charge in [0.15, 0.2) is 0 Å². The highest BCUT2D eigenvalue weighted by Gasteiger charge is 1.99. The van der Waals surface area contributed by atoms with Crippen LogP contribution in [0, 0.1) is 0 Å². The Kier molecular flexibility index (Phi) is 2.33. The summed E-state index contributed by atoms with van der Waals surface area (Å²) in [5.74, 6) is 0. The van der Waals surface area contributed by atoms with E-state index >= 15 is 0 Å². The van der Waals surface area contributed by atoms with Crippen LogP contribution in [0.5, 0.6) is 0 Å². The fraction of sp³-hybridized carbons (Fsp3) is 0. The number of thiazole rings is 1. The average molecular weight is 256 g/mol. The number of aromatic amines is 1. The molecule has 1 N–H and O–H groups in total. The van der Waals surface area contributed by atoms with Crippen molar-refractivity contribution in [3.63, 3.8) is 0 Å². The van der Waals surface area contributed by atoms with Gasteiger partial charge in [0.2, 0.25) is 0 Å². The Morgan fingerprint density at radius 3 is 2.46 bits per heavy atom. The molecule has 4 heteroatoms. The average Bonchev–Trinajstić information content (AvgIpc) is 2.53. The molecule has 1 aromatic heterocycles. The van der Waals surface area contributed by atoms with Crippen LogP contribution in [0.1, 0.15) is 0 Å². The third kappa shape index (κ3) is 1.89. The highest BCUT2D eigenvalue weighted by atomic mass is 79.9. The number of aromatic nitrogens is 1. The molecule has 0 atom stereocenters. The fourth-order valence-corrected chi connectivity index (χ4v) is 1.99. The molecule has 0 saturated heterocycles. The van der Waals surface area contributed by atoms with Gasteiger partial charge in [-0.15, -0.1) is 0 Å². The Morgan fingerprint density at radius 1 is 1.23 bits per heavy atom. The topological polar surface area (TPSA) is 32.9 Å². The van der Waals surface area contributed by atoms with Crippen LogP contribution in [0.15, 0.2) is 39.7 Å². The van der Waals surface area contributed by atoms with E-state index in [1.165, 1.54) is 11.3 Å². The van der Waals surface area contributed by atoms with Crippen molar-refractivity contribution in [3.8, 4) is 10.4 Å². The molecule has 0 saturated carbocycles. The lowest BCUT2D eigenvalue weighted by Crippen LogP contribution is -1.88. The van der Waals surface area contributed by atoms with Crippen LogP contribution >= 0.6 is 27.3 Å². The lowest BCUT2D eigenvalue weighted by atomic mass is 10.2. The minimum absolute atomic E-state index is 0.0158. The summed E-state index contributed by atoms with van der Waals surface area (Å²) in [7, 11) is 0. The molecule has 1 aromatic carbocycles. The summed E-state index contributed by atoms with van der Waals surface area (Å²) >= 11 is 4.58. The van der Waals surface area contributed by atoms with Gasteiger partial charge < -0.3 is 4.98 Å².